The topological polar surface area (TPSA) is 69.4 Å². The maximum Gasteiger partial charge on any atom is 0.235 e. The predicted octanol–water partition coefficient (Wildman–Crippen LogP) is 4.91. The highest BCUT2D eigenvalue weighted by atomic mass is 19.1. The Morgan fingerprint density at radius 2 is 1.85 bits per heavy atom. The van der Waals surface area contributed by atoms with Crippen molar-refractivity contribution in [3.63, 3.8) is 0 Å². The smallest absolute Gasteiger partial charge is 0.235 e. The molecule has 1 fully saturated rings. The molecule has 2 aliphatic rings. The molecular formula is C25H22F2N6. The second kappa shape index (κ2) is 6.73. The van der Waals surface area contributed by atoms with Gasteiger partial charge in [-0.1, -0.05) is 19.9 Å². The van der Waals surface area contributed by atoms with Crippen LogP contribution in [0.4, 0.5) is 8.78 Å². The normalized spacial score (nSPS) is 22.5. The third-order valence-corrected chi connectivity index (χ3v) is 7.62. The average Bonchev–Trinajstić information content (AvgIpc) is 3.40. The van der Waals surface area contributed by atoms with Crippen molar-refractivity contribution in [3.05, 3.63) is 83.3 Å². The van der Waals surface area contributed by atoms with Gasteiger partial charge in [-0.15, -0.1) is 5.10 Å². The minimum atomic E-state index is -0.641. The first-order valence-electron chi connectivity index (χ1n) is 11.0. The maximum atomic E-state index is 14.4. The van der Waals surface area contributed by atoms with Gasteiger partial charge in [-0.05, 0) is 60.9 Å². The van der Waals surface area contributed by atoms with Crippen LogP contribution in [0.3, 0.4) is 0 Å². The number of halogens is 2. The zero-order chi connectivity index (χ0) is 23.0. The molecule has 0 N–H and O–H groups in total. The summed E-state index contributed by atoms with van der Waals surface area (Å²) in [5.74, 6) is -0.548. The molecule has 3 aromatic heterocycles. The zero-order valence-corrected chi connectivity index (χ0v) is 18.5. The van der Waals surface area contributed by atoms with Crippen molar-refractivity contribution < 1.29 is 8.78 Å². The van der Waals surface area contributed by atoms with Crippen LogP contribution < -0.4 is 0 Å². The summed E-state index contributed by atoms with van der Waals surface area (Å²) in [6.45, 7) is 6.36. The second-order valence-electron chi connectivity index (χ2n) is 9.51. The number of aromatic nitrogens is 6. The van der Waals surface area contributed by atoms with Gasteiger partial charge in [0, 0.05) is 12.4 Å². The fourth-order valence-electron chi connectivity index (χ4n) is 6.00. The number of hydrogen-bond donors (Lipinski definition) is 0. The second-order valence-corrected chi connectivity index (χ2v) is 9.51. The van der Waals surface area contributed by atoms with Crippen molar-refractivity contribution in [2.75, 3.05) is 0 Å². The summed E-state index contributed by atoms with van der Waals surface area (Å²) in [6.07, 6.45) is 7.16. The molecule has 2 aliphatic carbocycles. The van der Waals surface area contributed by atoms with Crippen LogP contribution in [0.25, 0.3) is 17.2 Å². The Morgan fingerprint density at radius 1 is 1.06 bits per heavy atom. The van der Waals surface area contributed by atoms with Crippen molar-refractivity contribution in [1.29, 1.82) is 0 Å². The Kier molecular flexibility index (Phi) is 4.09. The standard InChI is InChI=1S/C25H22F2N6/c1-14-12-33(13-29-14)23-28-10-8-20(30-23)25-9-7-16(24(25,2)3)15-11-19(31-32-22(15)25)21-17(26)5-4-6-18(21)27/h4-6,8,10-13,16H,7,9H2,1-3H3/t16?,25-/m0/s1. The molecule has 166 valence electrons. The Hall–Kier alpha value is -3.55. The lowest BCUT2D eigenvalue weighted by Gasteiger charge is -2.37. The summed E-state index contributed by atoms with van der Waals surface area (Å²) in [6, 6.07) is 7.59. The summed E-state index contributed by atoms with van der Waals surface area (Å²) in [4.78, 5) is 13.7. The highest BCUT2D eigenvalue weighted by molar-refractivity contribution is 5.64. The Balaban J connectivity index is 1.53. The van der Waals surface area contributed by atoms with Crippen molar-refractivity contribution in [2.24, 2.45) is 5.41 Å². The van der Waals surface area contributed by atoms with Gasteiger partial charge in [0.25, 0.3) is 0 Å². The van der Waals surface area contributed by atoms with E-state index < -0.39 is 17.0 Å². The monoisotopic (exact) mass is 444 g/mol. The van der Waals surface area contributed by atoms with Gasteiger partial charge < -0.3 is 0 Å². The number of nitrogens with zero attached hydrogens (tertiary/aromatic N) is 6. The van der Waals surface area contributed by atoms with Gasteiger partial charge >= 0.3 is 0 Å². The molecule has 0 spiro atoms. The first-order chi connectivity index (χ1) is 15.8. The van der Waals surface area contributed by atoms with E-state index >= 15 is 0 Å². The van der Waals surface area contributed by atoms with Crippen LogP contribution in [-0.2, 0) is 5.41 Å². The molecule has 6 nitrogen and oxygen atoms in total. The fraction of sp³-hybridized carbons (Fsp3) is 0.320. The third-order valence-electron chi connectivity index (χ3n) is 7.62. The van der Waals surface area contributed by atoms with Crippen LogP contribution in [0.2, 0.25) is 0 Å². The summed E-state index contributed by atoms with van der Waals surface area (Å²) in [5.41, 5.74) is 3.03. The van der Waals surface area contributed by atoms with E-state index in [1.807, 2.05) is 25.3 Å². The van der Waals surface area contributed by atoms with Crippen molar-refractivity contribution in [1.82, 2.24) is 29.7 Å². The quantitative estimate of drug-likeness (QED) is 0.449. The average molecular weight is 444 g/mol. The summed E-state index contributed by atoms with van der Waals surface area (Å²) >= 11 is 0. The van der Waals surface area contributed by atoms with Gasteiger partial charge in [0.05, 0.1) is 33.8 Å². The molecule has 4 aromatic rings. The molecule has 2 atom stereocenters. The van der Waals surface area contributed by atoms with Crippen LogP contribution in [0.15, 0.2) is 49.1 Å². The molecule has 8 heteroatoms. The molecule has 0 amide bonds. The summed E-state index contributed by atoms with van der Waals surface area (Å²) < 4.78 is 30.7. The van der Waals surface area contributed by atoms with E-state index in [4.69, 9.17) is 4.98 Å². The minimum absolute atomic E-state index is 0.137. The number of imidazole rings is 1. The first kappa shape index (κ1) is 20.1. The van der Waals surface area contributed by atoms with Crippen LogP contribution in [-0.4, -0.2) is 29.7 Å². The third kappa shape index (κ3) is 2.60. The van der Waals surface area contributed by atoms with Gasteiger partial charge in [0.1, 0.15) is 18.0 Å². The van der Waals surface area contributed by atoms with Crippen molar-refractivity contribution in [2.45, 2.75) is 44.9 Å². The molecule has 0 radical (unpaired) electrons. The molecule has 33 heavy (non-hydrogen) atoms. The first-order valence-corrected chi connectivity index (χ1v) is 11.0. The zero-order valence-electron chi connectivity index (χ0n) is 18.5. The molecule has 0 aliphatic heterocycles. The highest BCUT2D eigenvalue weighted by Crippen LogP contribution is 2.69. The molecule has 1 aromatic carbocycles. The number of aryl methyl sites for hydroxylation is 1. The van der Waals surface area contributed by atoms with Gasteiger partial charge in [-0.25, -0.2) is 23.7 Å². The Morgan fingerprint density at radius 3 is 2.58 bits per heavy atom. The SMILES string of the molecule is Cc1cn(-c2nccc([C@@]34CCC(c5cc(-c6c(F)cccc6F)nnc53)C4(C)C)n2)cn1. The van der Waals surface area contributed by atoms with E-state index in [1.54, 1.807) is 17.1 Å². The van der Waals surface area contributed by atoms with E-state index in [-0.39, 0.29) is 22.6 Å². The number of hydrogen-bond acceptors (Lipinski definition) is 5. The molecule has 1 unspecified atom stereocenters. The lowest BCUT2D eigenvalue weighted by atomic mass is 9.66. The summed E-state index contributed by atoms with van der Waals surface area (Å²) in [7, 11) is 0. The number of benzene rings is 1. The van der Waals surface area contributed by atoms with Gasteiger partial charge in [-0.2, -0.15) is 5.10 Å². The number of fused-ring (bicyclic) bond motifs is 5. The Labute approximate surface area is 189 Å². The van der Waals surface area contributed by atoms with E-state index in [2.05, 4.69) is 34.0 Å². The van der Waals surface area contributed by atoms with E-state index in [0.29, 0.717) is 5.95 Å². The molecule has 3 heterocycles. The van der Waals surface area contributed by atoms with Gasteiger partial charge in [0.15, 0.2) is 0 Å². The predicted molar refractivity (Wildman–Crippen MR) is 118 cm³/mol. The van der Waals surface area contributed by atoms with E-state index in [0.717, 1.165) is 35.5 Å². The molecule has 2 bridgehead atoms. The van der Waals surface area contributed by atoms with Crippen molar-refractivity contribution in [3.8, 4) is 17.2 Å². The lowest BCUT2D eigenvalue weighted by Crippen LogP contribution is -2.38. The lowest BCUT2D eigenvalue weighted by molar-refractivity contribution is 0.242. The minimum Gasteiger partial charge on any atom is -0.274 e. The molecule has 0 saturated heterocycles. The van der Waals surface area contributed by atoms with E-state index in [9.17, 15) is 8.78 Å². The maximum absolute atomic E-state index is 14.4. The van der Waals surface area contributed by atoms with Crippen LogP contribution in [0.1, 0.15) is 55.3 Å². The van der Waals surface area contributed by atoms with Crippen LogP contribution >= 0.6 is 0 Å². The van der Waals surface area contributed by atoms with Crippen LogP contribution in [0, 0.1) is 24.0 Å². The van der Waals surface area contributed by atoms with Gasteiger partial charge in [0.2, 0.25) is 5.95 Å². The van der Waals surface area contributed by atoms with Crippen LogP contribution in [0.5, 0.6) is 0 Å². The fourth-order valence-corrected chi connectivity index (χ4v) is 6.00. The van der Waals surface area contributed by atoms with Crippen molar-refractivity contribution >= 4 is 0 Å². The van der Waals surface area contributed by atoms with E-state index in [1.165, 1.54) is 18.2 Å². The molecular weight excluding hydrogens is 422 g/mol. The number of rotatable bonds is 3. The summed E-state index contributed by atoms with van der Waals surface area (Å²) in [5, 5.41) is 8.88. The largest absolute Gasteiger partial charge is 0.274 e. The highest BCUT2D eigenvalue weighted by Gasteiger charge is 2.65. The Bertz CT molecular complexity index is 1390. The molecule has 6 rings (SSSR count). The van der Waals surface area contributed by atoms with Gasteiger partial charge in [-0.3, -0.25) is 4.57 Å². The molecule has 1 saturated carbocycles.